The molecule has 4 nitrogen and oxygen atoms in total. The van der Waals surface area contributed by atoms with E-state index < -0.39 is 0 Å². The lowest BCUT2D eigenvalue weighted by atomic mass is 9.94. The minimum absolute atomic E-state index is 0.633. The van der Waals surface area contributed by atoms with Crippen molar-refractivity contribution in [1.82, 2.24) is 15.0 Å². The molecule has 0 aliphatic rings. The summed E-state index contributed by atoms with van der Waals surface area (Å²) < 4.78 is 6.24. The standard InChI is InChI=1S/C49H29N3O/c1-2-11-32(12-3-1)47-50-48(52-49(51-47)36-25-27-39-34(29-36)23-22-31-21-20-30-10-4-5-14-38(30)45(31)39)35-24-26-37-33(28-35)13-8-16-40(37)41-17-9-19-44-46(41)42-15-6-7-18-43(42)53-44/h1-29H. The molecule has 0 aliphatic heterocycles. The SMILES string of the molecule is c1ccc(-c2nc(-c3ccc4c(-c5cccc6oc7ccccc7c56)cccc4c3)nc(-c3ccc4c(ccc5ccc6ccccc6c54)c3)n2)cc1. The van der Waals surface area contributed by atoms with Gasteiger partial charge in [-0.15, -0.1) is 0 Å². The molecule has 0 atom stereocenters. The first kappa shape index (κ1) is 29.5. The average molecular weight is 676 g/mol. The Hall–Kier alpha value is -7.17. The van der Waals surface area contributed by atoms with Gasteiger partial charge in [-0.3, -0.25) is 0 Å². The van der Waals surface area contributed by atoms with Crippen LogP contribution in [-0.4, -0.2) is 15.0 Å². The summed E-state index contributed by atoms with van der Waals surface area (Å²) in [7, 11) is 0. The number of hydrogen-bond acceptors (Lipinski definition) is 4. The van der Waals surface area contributed by atoms with Crippen molar-refractivity contribution in [3.05, 3.63) is 176 Å². The Morgan fingerprint density at radius 1 is 0.302 bits per heavy atom. The molecule has 0 amide bonds. The van der Waals surface area contributed by atoms with E-state index in [9.17, 15) is 0 Å². The molecule has 11 rings (SSSR count). The number of fused-ring (bicyclic) bond motifs is 9. The monoisotopic (exact) mass is 675 g/mol. The Bertz CT molecular complexity index is 3240. The molecule has 2 heterocycles. The van der Waals surface area contributed by atoms with E-state index >= 15 is 0 Å². The fourth-order valence-electron chi connectivity index (χ4n) is 7.98. The molecule has 0 radical (unpaired) electrons. The molecule has 9 aromatic carbocycles. The Morgan fingerprint density at radius 3 is 1.66 bits per heavy atom. The van der Waals surface area contributed by atoms with Crippen LogP contribution in [0, 0.1) is 0 Å². The fraction of sp³-hybridized carbons (Fsp3) is 0. The Labute approximate surface area is 304 Å². The summed E-state index contributed by atoms with van der Waals surface area (Å²) in [6, 6.07) is 61.7. The topological polar surface area (TPSA) is 51.8 Å². The number of nitrogens with zero attached hydrogens (tertiary/aromatic N) is 3. The predicted octanol–water partition coefficient (Wildman–Crippen LogP) is 13.1. The Kier molecular flexibility index (Phi) is 6.52. The highest BCUT2D eigenvalue weighted by Crippen LogP contribution is 2.40. The third kappa shape index (κ3) is 4.80. The normalized spacial score (nSPS) is 11.8. The number of benzene rings is 9. The Morgan fingerprint density at radius 2 is 0.849 bits per heavy atom. The van der Waals surface area contributed by atoms with Crippen molar-refractivity contribution in [3.8, 4) is 45.3 Å². The predicted molar refractivity (Wildman–Crippen MR) is 219 cm³/mol. The van der Waals surface area contributed by atoms with Gasteiger partial charge in [0.05, 0.1) is 0 Å². The summed E-state index contributed by atoms with van der Waals surface area (Å²) in [5.74, 6) is 1.91. The van der Waals surface area contributed by atoms with Crippen molar-refractivity contribution in [2.45, 2.75) is 0 Å². The van der Waals surface area contributed by atoms with Crippen LogP contribution in [0.3, 0.4) is 0 Å². The van der Waals surface area contributed by atoms with Crippen LogP contribution in [0.5, 0.6) is 0 Å². The van der Waals surface area contributed by atoms with Gasteiger partial charge in [0.2, 0.25) is 0 Å². The average Bonchev–Trinajstić information content (AvgIpc) is 3.62. The van der Waals surface area contributed by atoms with Crippen LogP contribution in [0.2, 0.25) is 0 Å². The number of furan rings is 1. The summed E-state index contributed by atoms with van der Waals surface area (Å²) in [5, 5.41) is 11.9. The second kappa shape index (κ2) is 11.7. The van der Waals surface area contributed by atoms with E-state index in [0.717, 1.165) is 65.9 Å². The minimum atomic E-state index is 0.633. The van der Waals surface area contributed by atoms with Gasteiger partial charge in [-0.2, -0.15) is 0 Å². The van der Waals surface area contributed by atoms with Crippen molar-refractivity contribution in [2.24, 2.45) is 0 Å². The van der Waals surface area contributed by atoms with E-state index in [1.807, 2.05) is 48.5 Å². The number of para-hydroxylation sites is 1. The van der Waals surface area contributed by atoms with Gasteiger partial charge in [-0.25, -0.2) is 15.0 Å². The first-order valence-electron chi connectivity index (χ1n) is 17.9. The van der Waals surface area contributed by atoms with Crippen LogP contribution in [0.4, 0.5) is 0 Å². The Balaban J connectivity index is 1.07. The van der Waals surface area contributed by atoms with Gasteiger partial charge in [-0.05, 0) is 78.5 Å². The molecule has 4 heteroatoms. The van der Waals surface area contributed by atoms with Crippen molar-refractivity contribution >= 4 is 65.0 Å². The molecule has 0 saturated heterocycles. The fourth-order valence-corrected chi connectivity index (χ4v) is 7.98. The number of rotatable bonds is 4. The van der Waals surface area contributed by atoms with Crippen molar-refractivity contribution in [2.75, 3.05) is 0 Å². The third-order valence-corrected chi connectivity index (χ3v) is 10.5. The molecule has 0 N–H and O–H groups in total. The molecule has 11 aromatic rings. The van der Waals surface area contributed by atoms with Gasteiger partial charge < -0.3 is 4.42 Å². The van der Waals surface area contributed by atoms with Crippen LogP contribution < -0.4 is 0 Å². The molecular formula is C49H29N3O. The molecule has 0 fully saturated rings. The highest BCUT2D eigenvalue weighted by Gasteiger charge is 2.17. The first-order valence-corrected chi connectivity index (χ1v) is 17.9. The highest BCUT2D eigenvalue weighted by atomic mass is 16.3. The number of aromatic nitrogens is 3. The molecule has 0 spiro atoms. The largest absolute Gasteiger partial charge is 0.456 e. The van der Waals surface area contributed by atoms with Crippen molar-refractivity contribution in [1.29, 1.82) is 0 Å². The van der Waals surface area contributed by atoms with E-state index in [1.54, 1.807) is 0 Å². The van der Waals surface area contributed by atoms with Gasteiger partial charge in [0.25, 0.3) is 0 Å². The maximum Gasteiger partial charge on any atom is 0.164 e. The third-order valence-electron chi connectivity index (χ3n) is 10.5. The smallest absolute Gasteiger partial charge is 0.164 e. The van der Waals surface area contributed by atoms with Gasteiger partial charge in [0, 0.05) is 27.5 Å². The molecule has 53 heavy (non-hydrogen) atoms. The summed E-state index contributed by atoms with van der Waals surface area (Å²) in [4.78, 5) is 15.2. The van der Waals surface area contributed by atoms with E-state index in [4.69, 9.17) is 19.4 Å². The molecular weight excluding hydrogens is 647 g/mol. The van der Waals surface area contributed by atoms with Crippen molar-refractivity contribution < 1.29 is 4.42 Å². The van der Waals surface area contributed by atoms with Gasteiger partial charge in [0.1, 0.15) is 11.2 Å². The lowest BCUT2D eigenvalue weighted by Crippen LogP contribution is -2.00. The zero-order chi connectivity index (χ0) is 34.9. The summed E-state index contributed by atoms with van der Waals surface area (Å²) in [6.07, 6.45) is 0. The van der Waals surface area contributed by atoms with Crippen LogP contribution in [0.1, 0.15) is 0 Å². The molecule has 246 valence electrons. The zero-order valence-corrected chi connectivity index (χ0v) is 28.5. The minimum Gasteiger partial charge on any atom is -0.456 e. The summed E-state index contributed by atoms with van der Waals surface area (Å²) >= 11 is 0. The van der Waals surface area contributed by atoms with Gasteiger partial charge >= 0.3 is 0 Å². The lowest BCUT2D eigenvalue weighted by molar-refractivity contribution is 0.669. The van der Waals surface area contributed by atoms with Crippen LogP contribution in [-0.2, 0) is 0 Å². The molecule has 0 saturated carbocycles. The van der Waals surface area contributed by atoms with Gasteiger partial charge in [0.15, 0.2) is 17.5 Å². The van der Waals surface area contributed by atoms with E-state index in [0.29, 0.717) is 17.5 Å². The van der Waals surface area contributed by atoms with Crippen LogP contribution >= 0.6 is 0 Å². The van der Waals surface area contributed by atoms with Gasteiger partial charge in [-0.1, -0.05) is 152 Å². The van der Waals surface area contributed by atoms with E-state index in [2.05, 4.69) is 127 Å². The maximum absolute atomic E-state index is 6.24. The van der Waals surface area contributed by atoms with E-state index in [1.165, 1.54) is 26.9 Å². The lowest BCUT2D eigenvalue weighted by Gasteiger charge is -2.12. The molecule has 0 aliphatic carbocycles. The summed E-state index contributed by atoms with van der Waals surface area (Å²) in [5.41, 5.74) is 6.91. The second-order valence-electron chi connectivity index (χ2n) is 13.6. The highest BCUT2D eigenvalue weighted by molar-refractivity contribution is 6.20. The molecule has 0 bridgehead atoms. The van der Waals surface area contributed by atoms with Crippen LogP contribution in [0.25, 0.3) is 110 Å². The first-order chi connectivity index (χ1) is 26.2. The number of hydrogen-bond donors (Lipinski definition) is 0. The quantitative estimate of drug-likeness (QED) is 0.174. The second-order valence-corrected chi connectivity index (χ2v) is 13.6. The summed E-state index contributed by atoms with van der Waals surface area (Å²) in [6.45, 7) is 0. The van der Waals surface area contributed by atoms with Crippen molar-refractivity contribution in [3.63, 3.8) is 0 Å². The maximum atomic E-state index is 6.24. The zero-order valence-electron chi connectivity index (χ0n) is 28.5. The molecule has 2 aromatic heterocycles. The van der Waals surface area contributed by atoms with Crippen LogP contribution in [0.15, 0.2) is 180 Å². The van der Waals surface area contributed by atoms with E-state index in [-0.39, 0.29) is 0 Å². The molecule has 0 unspecified atom stereocenters.